The van der Waals surface area contributed by atoms with Gasteiger partial charge in [0.25, 0.3) is 0 Å². The molecule has 1 N–H and O–H groups in total. The van der Waals surface area contributed by atoms with Gasteiger partial charge in [-0.1, -0.05) is 40.7 Å². The number of aliphatic hydroxyl groups excluding tert-OH is 1. The molecular formula is C28H46N2O6. The van der Waals surface area contributed by atoms with Gasteiger partial charge in [-0.3, -0.25) is 14.4 Å². The van der Waals surface area contributed by atoms with E-state index in [0.717, 1.165) is 6.42 Å². The number of aliphatic hydroxyl groups is 1. The monoisotopic (exact) mass is 506 g/mol. The molecule has 0 aromatic carbocycles. The van der Waals surface area contributed by atoms with Gasteiger partial charge in [0.05, 0.1) is 37.2 Å². The number of carbonyl (C=O) groups is 3. The minimum Gasteiger partial charge on any atom is -0.466 e. The van der Waals surface area contributed by atoms with Crippen molar-refractivity contribution in [1.82, 2.24) is 9.80 Å². The second kappa shape index (κ2) is 10.1. The van der Waals surface area contributed by atoms with E-state index in [4.69, 9.17) is 9.47 Å². The highest BCUT2D eigenvalue weighted by molar-refractivity contribution is 5.98. The molecule has 3 rings (SSSR count). The average molecular weight is 507 g/mol. The molecule has 0 radical (unpaired) electrons. The number of hydrogen-bond acceptors (Lipinski definition) is 6. The summed E-state index contributed by atoms with van der Waals surface area (Å²) < 4.78 is 11.8. The van der Waals surface area contributed by atoms with Crippen LogP contribution in [0.15, 0.2) is 12.7 Å². The molecule has 3 saturated heterocycles. The van der Waals surface area contributed by atoms with Crippen LogP contribution in [0.25, 0.3) is 0 Å². The van der Waals surface area contributed by atoms with Crippen molar-refractivity contribution in [2.45, 2.75) is 104 Å². The molecule has 36 heavy (non-hydrogen) atoms. The fraction of sp³-hybridized carbons (Fsp3) is 0.821. The van der Waals surface area contributed by atoms with Gasteiger partial charge in [0, 0.05) is 12.1 Å². The summed E-state index contributed by atoms with van der Waals surface area (Å²) in [6.45, 7) is 20.2. The van der Waals surface area contributed by atoms with E-state index in [0.29, 0.717) is 19.4 Å². The van der Waals surface area contributed by atoms with E-state index in [-0.39, 0.29) is 36.4 Å². The average Bonchev–Trinajstić information content (AvgIpc) is 3.38. The van der Waals surface area contributed by atoms with Gasteiger partial charge < -0.3 is 24.4 Å². The summed E-state index contributed by atoms with van der Waals surface area (Å²) in [5.74, 6) is -2.60. The van der Waals surface area contributed by atoms with Gasteiger partial charge in [-0.25, -0.2) is 0 Å². The Labute approximate surface area is 216 Å². The molecule has 6 atom stereocenters. The number of nitrogens with zero attached hydrogens (tertiary/aromatic N) is 2. The maximum Gasteiger partial charge on any atom is 0.312 e. The third kappa shape index (κ3) is 4.71. The van der Waals surface area contributed by atoms with E-state index >= 15 is 0 Å². The minimum atomic E-state index is -1.12. The van der Waals surface area contributed by atoms with Gasteiger partial charge in [0.2, 0.25) is 11.8 Å². The van der Waals surface area contributed by atoms with Crippen molar-refractivity contribution in [3.8, 4) is 0 Å². The zero-order valence-electron chi connectivity index (χ0n) is 23.4. The molecule has 0 aromatic rings. The SMILES string of the molecule is C=CCN(C(=O)[C@H]1N([C@@H](CO)C(C)C)C(=O)[C@@H]2[C@@H](C(=O)OCC)[C@H]3CC[C@]21O3)C(C)(C)CC(C)(C)C. The summed E-state index contributed by atoms with van der Waals surface area (Å²) in [6, 6.07) is -1.51. The van der Waals surface area contributed by atoms with Crippen LogP contribution in [0.3, 0.4) is 0 Å². The second-order valence-corrected chi connectivity index (χ2v) is 12.8. The number of rotatable bonds is 10. The number of ether oxygens (including phenoxy) is 2. The van der Waals surface area contributed by atoms with Gasteiger partial charge in [-0.15, -0.1) is 6.58 Å². The van der Waals surface area contributed by atoms with Crippen LogP contribution < -0.4 is 0 Å². The van der Waals surface area contributed by atoms with Crippen LogP contribution in [0.5, 0.6) is 0 Å². The summed E-state index contributed by atoms with van der Waals surface area (Å²) in [5.41, 5.74) is -1.69. The zero-order chi connectivity index (χ0) is 27.2. The third-order valence-corrected chi connectivity index (χ3v) is 8.12. The van der Waals surface area contributed by atoms with Gasteiger partial charge in [0.1, 0.15) is 11.6 Å². The highest BCUT2D eigenvalue weighted by atomic mass is 16.6. The molecule has 0 aromatic heterocycles. The first-order chi connectivity index (χ1) is 16.7. The normalized spacial score (nSPS) is 30.5. The molecule has 3 aliphatic rings. The standard InChI is InChI=1S/C28H46N2O6/c1-10-14-29(27(8,9)16-26(5,6)7)24(33)22-28-13-12-19(36-28)20(25(34)35-11-2)21(28)23(32)30(22)18(15-31)17(3)4/h10,17-22,31H,1,11-16H2,2-9H3/t18-,19+,20-,21-,22+,28-/m0/s1. The van der Waals surface area contributed by atoms with Gasteiger partial charge in [0.15, 0.2) is 0 Å². The zero-order valence-corrected chi connectivity index (χ0v) is 23.4. The maximum atomic E-state index is 14.6. The largest absolute Gasteiger partial charge is 0.466 e. The van der Waals surface area contributed by atoms with E-state index in [2.05, 4.69) is 27.4 Å². The molecule has 8 heteroatoms. The number of fused-ring (bicyclic) bond motifs is 1. The predicted molar refractivity (Wildman–Crippen MR) is 137 cm³/mol. The Morgan fingerprint density at radius 2 is 1.94 bits per heavy atom. The molecule has 2 bridgehead atoms. The first-order valence-corrected chi connectivity index (χ1v) is 13.4. The Hall–Kier alpha value is -1.93. The molecule has 8 nitrogen and oxygen atoms in total. The van der Waals surface area contributed by atoms with E-state index < -0.39 is 47.1 Å². The number of amides is 2. The third-order valence-electron chi connectivity index (χ3n) is 8.12. The fourth-order valence-corrected chi connectivity index (χ4v) is 7.16. The lowest BCUT2D eigenvalue weighted by Crippen LogP contribution is -2.63. The smallest absolute Gasteiger partial charge is 0.312 e. The molecule has 3 fully saturated rings. The summed E-state index contributed by atoms with van der Waals surface area (Å²) in [7, 11) is 0. The van der Waals surface area contributed by atoms with Crippen LogP contribution in [0.1, 0.15) is 74.7 Å². The molecule has 2 amide bonds. The summed E-state index contributed by atoms with van der Waals surface area (Å²) in [4.78, 5) is 45.1. The summed E-state index contributed by atoms with van der Waals surface area (Å²) in [6.07, 6.45) is 3.09. The van der Waals surface area contributed by atoms with Crippen LogP contribution in [-0.4, -0.2) is 81.8 Å². The van der Waals surface area contributed by atoms with E-state index in [1.54, 1.807) is 22.8 Å². The van der Waals surface area contributed by atoms with Gasteiger partial charge >= 0.3 is 5.97 Å². The highest BCUT2D eigenvalue weighted by Gasteiger charge is 2.76. The lowest BCUT2D eigenvalue weighted by Gasteiger charge is -2.46. The van der Waals surface area contributed by atoms with Gasteiger partial charge in [-0.2, -0.15) is 0 Å². The number of likely N-dealkylation sites (tertiary alicyclic amines) is 1. The number of esters is 1. The quantitative estimate of drug-likeness (QED) is 0.361. The lowest BCUT2D eigenvalue weighted by molar-refractivity contribution is -0.158. The number of hydrogen-bond donors (Lipinski definition) is 1. The first-order valence-electron chi connectivity index (χ1n) is 13.4. The molecule has 0 unspecified atom stereocenters. The van der Waals surface area contributed by atoms with Crippen LogP contribution in [0.2, 0.25) is 0 Å². The molecule has 0 saturated carbocycles. The van der Waals surface area contributed by atoms with E-state index in [1.807, 2.05) is 27.7 Å². The second-order valence-electron chi connectivity index (χ2n) is 12.8. The van der Waals surface area contributed by atoms with E-state index in [9.17, 15) is 19.5 Å². The first kappa shape index (κ1) is 28.6. The summed E-state index contributed by atoms with van der Waals surface area (Å²) in [5, 5.41) is 10.4. The molecular weight excluding hydrogens is 460 g/mol. The Balaban J connectivity index is 2.14. The van der Waals surface area contributed by atoms with Gasteiger partial charge in [-0.05, 0) is 51.4 Å². The number of carbonyl (C=O) groups excluding carboxylic acids is 3. The van der Waals surface area contributed by atoms with Crippen LogP contribution in [0.4, 0.5) is 0 Å². The Morgan fingerprint density at radius 3 is 2.44 bits per heavy atom. The Kier molecular flexibility index (Phi) is 8.02. The van der Waals surface area contributed by atoms with Crippen molar-refractivity contribution < 1.29 is 29.0 Å². The minimum absolute atomic E-state index is 0.0436. The van der Waals surface area contributed by atoms with Crippen molar-refractivity contribution in [3.63, 3.8) is 0 Å². The highest BCUT2D eigenvalue weighted by Crippen LogP contribution is 2.59. The molecule has 0 aliphatic carbocycles. The van der Waals surface area contributed by atoms with Crippen molar-refractivity contribution >= 4 is 17.8 Å². The summed E-state index contributed by atoms with van der Waals surface area (Å²) >= 11 is 0. The van der Waals surface area contributed by atoms with Crippen LogP contribution >= 0.6 is 0 Å². The molecule has 1 spiro atoms. The molecule has 3 heterocycles. The Bertz CT molecular complexity index is 878. The molecule has 3 aliphatic heterocycles. The fourth-order valence-electron chi connectivity index (χ4n) is 7.16. The predicted octanol–water partition coefficient (Wildman–Crippen LogP) is 3.17. The topological polar surface area (TPSA) is 96.4 Å². The van der Waals surface area contributed by atoms with Crippen molar-refractivity contribution in [3.05, 3.63) is 12.7 Å². The van der Waals surface area contributed by atoms with E-state index in [1.165, 1.54) is 0 Å². The lowest BCUT2D eigenvalue weighted by atomic mass is 9.70. The Morgan fingerprint density at radius 1 is 1.31 bits per heavy atom. The van der Waals surface area contributed by atoms with Crippen molar-refractivity contribution in [2.24, 2.45) is 23.2 Å². The van der Waals surface area contributed by atoms with Crippen molar-refractivity contribution in [2.75, 3.05) is 19.8 Å². The van der Waals surface area contributed by atoms with Crippen LogP contribution in [0, 0.1) is 23.2 Å². The molecule has 204 valence electrons. The van der Waals surface area contributed by atoms with Crippen LogP contribution in [-0.2, 0) is 23.9 Å². The maximum absolute atomic E-state index is 14.6. The van der Waals surface area contributed by atoms with Crippen molar-refractivity contribution in [1.29, 1.82) is 0 Å².